The van der Waals surface area contributed by atoms with Gasteiger partial charge in [-0.2, -0.15) is 0 Å². The van der Waals surface area contributed by atoms with Gasteiger partial charge in [0.25, 0.3) is 0 Å². The molecule has 2 aromatic carbocycles. The molecule has 4 aromatic rings. The SMILES string of the molecule is CC(=Nc1cccc2cccnc12)c1c(O)c2ccccc2oc1=O. The second-order valence-corrected chi connectivity index (χ2v) is 5.66. The zero-order chi connectivity index (χ0) is 17.4. The molecule has 1 N–H and O–H groups in total. The van der Waals surface area contributed by atoms with Crippen LogP contribution in [0.15, 0.2) is 75.0 Å². The number of para-hydroxylation sites is 2. The van der Waals surface area contributed by atoms with Gasteiger partial charge in [0.05, 0.1) is 22.3 Å². The second kappa shape index (κ2) is 5.87. The minimum Gasteiger partial charge on any atom is -0.506 e. The van der Waals surface area contributed by atoms with Crippen molar-refractivity contribution in [3.63, 3.8) is 0 Å². The molecule has 4 rings (SSSR count). The standard InChI is InChI=1S/C20H14N2O3/c1-12(22-15-9-4-6-13-7-5-11-21-18(13)15)17-19(23)14-8-2-3-10-16(14)25-20(17)24/h2-11,23H,1H3. The normalized spacial score (nSPS) is 12.0. The van der Waals surface area contributed by atoms with Crippen molar-refractivity contribution in [2.45, 2.75) is 6.92 Å². The number of nitrogens with zero attached hydrogens (tertiary/aromatic N) is 2. The highest BCUT2D eigenvalue weighted by molar-refractivity contribution is 6.06. The number of aliphatic imine (C=N–C) groups is 1. The van der Waals surface area contributed by atoms with Gasteiger partial charge in [-0.25, -0.2) is 4.79 Å². The Morgan fingerprint density at radius 2 is 1.88 bits per heavy atom. The Bertz CT molecular complexity index is 1190. The Hall–Kier alpha value is -3.47. The van der Waals surface area contributed by atoms with Crippen LogP contribution in [0.4, 0.5) is 5.69 Å². The molecule has 0 spiro atoms. The van der Waals surface area contributed by atoms with E-state index in [9.17, 15) is 9.90 Å². The number of aromatic hydroxyl groups is 1. The fourth-order valence-corrected chi connectivity index (χ4v) is 2.87. The molecule has 0 amide bonds. The van der Waals surface area contributed by atoms with Crippen molar-refractivity contribution in [2.24, 2.45) is 4.99 Å². The van der Waals surface area contributed by atoms with E-state index in [-0.39, 0.29) is 11.3 Å². The first-order chi connectivity index (χ1) is 12.1. The summed E-state index contributed by atoms with van der Waals surface area (Å²) in [5.41, 5.74) is 1.51. The summed E-state index contributed by atoms with van der Waals surface area (Å²) < 4.78 is 5.31. The molecule has 0 saturated heterocycles. The minimum atomic E-state index is -0.620. The van der Waals surface area contributed by atoms with E-state index >= 15 is 0 Å². The van der Waals surface area contributed by atoms with Crippen molar-refractivity contribution in [3.05, 3.63) is 76.8 Å². The summed E-state index contributed by atoms with van der Waals surface area (Å²) in [6.45, 7) is 1.67. The van der Waals surface area contributed by atoms with E-state index < -0.39 is 5.63 Å². The highest BCUT2D eigenvalue weighted by atomic mass is 16.4. The lowest BCUT2D eigenvalue weighted by Gasteiger charge is -2.07. The molecule has 0 unspecified atom stereocenters. The lowest BCUT2D eigenvalue weighted by Crippen LogP contribution is -2.12. The average molecular weight is 330 g/mol. The summed E-state index contributed by atoms with van der Waals surface area (Å²) in [6.07, 6.45) is 1.69. The van der Waals surface area contributed by atoms with Crippen molar-refractivity contribution in [3.8, 4) is 5.75 Å². The van der Waals surface area contributed by atoms with Gasteiger partial charge in [-0.3, -0.25) is 9.98 Å². The molecule has 2 aromatic heterocycles. The monoisotopic (exact) mass is 330 g/mol. The van der Waals surface area contributed by atoms with Gasteiger partial charge in [0.1, 0.15) is 16.9 Å². The summed E-state index contributed by atoms with van der Waals surface area (Å²) in [5.74, 6) is -0.124. The predicted octanol–water partition coefficient (Wildman–Crippen LogP) is 4.19. The Morgan fingerprint density at radius 1 is 1.08 bits per heavy atom. The third-order valence-electron chi connectivity index (χ3n) is 4.05. The zero-order valence-electron chi connectivity index (χ0n) is 13.4. The molecule has 0 atom stereocenters. The van der Waals surface area contributed by atoms with E-state index in [4.69, 9.17) is 4.42 Å². The Morgan fingerprint density at radius 3 is 2.76 bits per heavy atom. The number of rotatable bonds is 2. The van der Waals surface area contributed by atoms with Crippen LogP contribution in [-0.2, 0) is 0 Å². The first-order valence-electron chi connectivity index (χ1n) is 7.79. The maximum absolute atomic E-state index is 12.3. The number of hydrogen-bond donors (Lipinski definition) is 1. The molecule has 0 saturated carbocycles. The zero-order valence-corrected chi connectivity index (χ0v) is 13.4. The van der Waals surface area contributed by atoms with Crippen LogP contribution in [0, 0.1) is 0 Å². The van der Waals surface area contributed by atoms with Gasteiger partial charge in [0.15, 0.2) is 0 Å². The molecule has 2 heterocycles. The molecule has 0 aliphatic rings. The van der Waals surface area contributed by atoms with Crippen LogP contribution in [0.2, 0.25) is 0 Å². The van der Waals surface area contributed by atoms with Gasteiger partial charge < -0.3 is 9.52 Å². The molecular formula is C20H14N2O3. The maximum Gasteiger partial charge on any atom is 0.349 e. The Kier molecular flexibility index (Phi) is 3.54. The number of aromatic nitrogens is 1. The fraction of sp³-hybridized carbons (Fsp3) is 0.0500. The van der Waals surface area contributed by atoms with Gasteiger partial charge in [-0.15, -0.1) is 0 Å². The highest BCUT2D eigenvalue weighted by Gasteiger charge is 2.16. The molecule has 0 bridgehead atoms. The molecule has 25 heavy (non-hydrogen) atoms. The van der Waals surface area contributed by atoms with Crippen molar-refractivity contribution in [1.29, 1.82) is 0 Å². The van der Waals surface area contributed by atoms with Gasteiger partial charge in [0.2, 0.25) is 0 Å². The molecule has 0 radical (unpaired) electrons. The quantitative estimate of drug-likeness (QED) is 0.442. The summed E-state index contributed by atoms with van der Waals surface area (Å²) in [6, 6.07) is 16.3. The maximum atomic E-state index is 12.3. The summed E-state index contributed by atoms with van der Waals surface area (Å²) in [7, 11) is 0. The van der Waals surface area contributed by atoms with E-state index in [0.29, 0.717) is 22.4 Å². The molecule has 0 aliphatic heterocycles. The predicted molar refractivity (Wildman–Crippen MR) is 97.8 cm³/mol. The van der Waals surface area contributed by atoms with Crippen molar-refractivity contribution in [2.75, 3.05) is 0 Å². The summed E-state index contributed by atoms with van der Waals surface area (Å²) >= 11 is 0. The van der Waals surface area contributed by atoms with Crippen LogP contribution in [0.25, 0.3) is 21.9 Å². The number of hydrogen-bond acceptors (Lipinski definition) is 5. The molecule has 122 valence electrons. The van der Waals surface area contributed by atoms with Gasteiger partial charge in [-0.05, 0) is 31.2 Å². The first kappa shape index (κ1) is 15.1. The van der Waals surface area contributed by atoms with Gasteiger partial charge in [-0.1, -0.05) is 30.3 Å². The highest BCUT2D eigenvalue weighted by Crippen LogP contribution is 2.29. The Labute approximate surface area is 142 Å². The van der Waals surface area contributed by atoms with Crippen molar-refractivity contribution >= 4 is 33.3 Å². The van der Waals surface area contributed by atoms with E-state index in [2.05, 4.69) is 9.98 Å². The van der Waals surface area contributed by atoms with Crippen LogP contribution >= 0.6 is 0 Å². The second-order valence-electron chi connectivity index (χ2n) is 5.66. The molecule has 0 aliphatic carbocycles. The molecule has 5 heteroatoms. The van der Waals surface area contributed by atoms with E-state index in [1.165, 1.54) is 0 Å². The van der Waals surface area contributed by atoms with Crippen LogP contribution in [0.5, 0.6) is 5.75 Å². The summed E-state index contributed by atoms with van der Waals surface area (Å²) in [5, 5.41) is 12.0. The molecule has 0 fully saturated rings. The molecular weight excluding hydrogens is 316 g/mol. The van der Waals surface area contributed by atoms with Crippen LogP contribution in [0.3, 0.4) is 0 Å². The topological polar surface area (TPSA) is 75.7 Å². The van der Waals surface area contributed by atoms with Crippen molar-refractivity contribution in [1.82, 2.24) is 4.98 Å². The number of pyridine rings is 1. The number of fused-ring (bicyclic) bond motifs is 2. The number of benzene rings is 2. The van der Waals surface area contributed by atoms with E-state index in [1.807, 2.05) is 30.3 Å². The molecule has 5 nitrogen and oxygen atoms in total. The first-order valence-corrected chi connectivity index (χ1v) is 7.79. The summed E-state index contributed by atoms with van der Waals surface area (Å²) in [4.78, 5) is 21.2. The smallest absolute Gasteiger partial charge is 0.349 e. The van der Waals surface area contributed by atoms with Crippen molar-refractivity contribution < 1.29 is 9.52 Å². The van der Waals surface area contributed by atoms with Gasteiger partial charge in [0, 0.05) is 11.6 Å². The van der Waals surface area contributed by atoms with Crippen LogP contribution < -0.4 is 5.63 Å². The lowest BCUT2D eigenvalue weighted by molar-refractivity contribution is 0.466. The third kappa shape index (κ3) is 2.55. The minimum absolute atomic E-state index is 0.0617. The Balaban J connectivity index is 1.94. The largest absolute Gasteiger partial charge is 0.506 e. The van der Waals surface area contributed by atoms with Crippen LogP contribution in [-0.4, -0.2) is 15.8 Å². The van der Waals surface area contributed by atoms with E-state index in [1.54, 1.807) is 37.4 Å². The van der Waals surface area contributed by atoms with E-state index in [0.717, 1.165) is 10.9 Å². The van der Waals surface area contributed by atoms with Crippen LogP contribution in [0.1, 0.15) is 12.5 Å². The third-order valence-corrected chi connectivity index (χ3v) is 4.05. The average Bonchev–Trinajstić information content (AvgIpc) is 2.62. The van der Waals surface area contributed by atoms with Gasteiger partial charge >= 0.3 is 5.63 Å². The fourth-order valence-electron chi connectivity index (χ4n) is 2.87. The lowest BCUT2D eigenvalue weighted by atomic mass is 10.1.